The minimum Gasteiger partial charge on any atom is -0.391 e. The lowest BCUT2D eigenvalue weighted by atomic mass is 9.63. The first kappa shape index (κ1) is 42.6. The third-order valence-corrected chi connectivity index (χ3v) is 15.1. The Morgan fingerprint density at radius 2 is 1.80 bits per heavy atom. The van der Waals surface area contributed by atoms with E-state index in [0.29, 0.717) is 49.4 Å². The lowest BCUT2D eigenvalue weighted by molar-refractivity contribution is -0.699. The normalized spacial score (nSPS) is 37.8. The molecule has 8 nitrogen and oxygen atoms in total. The molecule has 0 aromatic rings. The van der Waals surface area contributed by atoms with Gasteiger partial charge in [-0.05, 0) is 126 Å². The summed E-state index contributed by atoms with van der Waals surface area (Å²) < 4.78 is 5.77. The fourth-order valence-electron chi connectivity index (χ4n) is 12.1. The highest BCUT2D eigenvalue weighted by atomic mass is 16.5. The Bertz CT molecular complexity index is 1390. The third-order valence-electron chi connectivity index (χ3n) is 15.1. The lowest BCUT2D eigenvalue weighted by Crippen LogP contribution is -2.94. The van der Waals surface area contributed by atoms with E-state index in [9.17, 15) is 19.8 Å². The Kier molecular flexibility index (Phi) is 15.6. The zero-order chi connectivity index (χ0) is 39.1. The molecular weight excluding hydrogens is 687 g/mol. The number of aliphatic hydroxyl groups excluding tert-OH is 2. The summed E-state index contributed by atoms with van der Waals surface area (Å²) in [6.07, 6.45) is 19.6. The number of aliphatic hydroxyl groups is 2. The minimum absolute atomic E-state index is 0.0241. The summed E-state index contributed by atoms with van der Waals surface area (Å²) in [4.78, 5) is 33.1. The molecule has 0 spiro atoms. The summed E-state index contributed by atoms with van der Waals surface area (Å²) in [5.74, 6) is 11.3. The van der Waals surface area contributed by atoms with Gasteiger partial charge in [0.05, 0.1) is 37.7 Å². The van der Waals surface area contributed by atoms with E-state index in [0.717, 1.165) is 82.9 Å². The molecular formula is C47H75N3O5+2. The largest absolute Gasteiger partial charge is 0.391 e. The number of Topliss-reactive ketones (excluding diaryl/α,β-unsaturated/α-hetero) is 2. The predicted octanol–water partition coefficient (Wildman–Crippen LogP) is 6.57. The molecule has 0 radical (unpaired) electrons. The zero-order valence-corrected chi connectivity index (χ0v) is 34.7. The first-order chi connectivity index (χ1) is 26.5. The zero-order valence-electron chi connectivity index (χ0n) is 34.7. The van der Waals surface area contributed by atoms with Crippen molar-refractivity contribution in [2.75, 3.05) is 13.7 Å². The predicted molar refractivity (Wildman–Crippen MR) is 218 cm³/mol. The molecule has 1 saturated heterocycles. The van der Waals surface area contributed by atoms with Gasteiger partial charge in [0.15, 0.2) is 5.70 Å². The van der Waals surface area contributed by atoms with Gasteiger partial charge >= 0.3 is 0 Å². The van der Waals surface area contributed by atoms with Crippen molar-refractivity contribution in [1.82, 2.24) is 0 Å². The van der Waals surface area contributed by atoms with E-state index in [2.05, 4.69) is 44.0 Å². The second-order valence-electron chi connectivity index (χ2n) is 19.3. The molecule has 4 aliphatic carbocycles. The number of carbonyl (C=O) groups is 2. The van der Waals surface area contributed by atoms with Gasteiger partial charge in [-0.3, -0.25) is 15.3 Å². The van der Waals surface area contributed by atoms with E-state index in [1.807, 2.05) is 6.21 Å². The van der Waals surface area contributed by atoms with E-state index in [-0.39, 0.29) is 71.7 Å². The van der Waals surface area contributed by atoms with Crippen molar-refractivity contribution in [3.05, 3.63) is 17.7 Å². The van der Waals surface area contributed by atoms with Crippen LogP contribution in [0.4, 0.5) is 0 Å². The Hall–Kier alpha value is -2.02. The van der Waals surface area contributed by atoms with E-state index < -0.39 is 12.2 Å². The summed E-state index contributed by atoms with van der Waals surface area (Å²) >= 11 is 0. The van der Waals surface area contributed by atoms with Crippen molar-refractivity contribution < 1.29 is 29.9 Å². The molecule has 13 atom stereocenters. The number of hydrogen-bond acceptors (Lipinski definition) is 7. The Morgan fingerprint density at radius 3 is 2.51 bits per heavy atom. The van der Waals surface area contributed by atoms with Crippen molar-refractivity contribution in [1.29, 1.82) is 0 Å². The summed E-state index contributed by atoms with van der Waals surface area (Å²) in [6, 6.07) is 0. The SMILES string of the molecule is CCC[C@@H]([C@@H]1C[C@H](CC2CC[NH2+]C(N)C2)C[C@@H]2C#C[C@H](C3CCCCC3)C3CC(O)C(OC)CC3CCC(=O)CC(=O)[C@@H]2C1)[C@H](O)CC1=C[C+](C(C)C)C=N1. The molecule has 0 amide bonds. The van der Waals surface area contributed by atoms with Crippen molar-refractivity contribution in [2.24, 2.45) is 75.8 Å². The number of nitrogens with two attached hydrogens (primary N) is 2. The standard InChI is InChI=1S/C47H74N3O5/c1-5-9-40(43(52)25-37-22-36(28-50-37)29(2)3)35-20-31(18-30-16-17-49-47(48)21-30)19-33-13-15-39(32-10-7-6-8-11-32)41-27-45(54)46(55-4)24-34(41)12-14-38(51)26-44(53)42(33)23-35/h22,28-35,39-43,45-47,49,52,54H,5-12,14,16-21,23-27,48H2,1-4H3/q+1/p+1/t30?,31-,33+,34?,35-,39-,40+,41?,42-,43-,45?,46?,47?/m1/s1. The number of fused-ring (bicyclic) bond motifs is 2. The van der Waals surface area contributed by atoms with Gasteiger partial charge in [-0.1, -0.05) is 44.4 Å². The molecule has 0 aromatic heterocycles. The first-order valence-corrected chi connectivity index (χ1v) is 22.7. The Labute approximate surface area is 333 Å². The molecule has 8 heteroatoms. The van der Waals surface area contributed by atoms with Crippen molar-refractivity contribution in [3.63, 3.8) is 0 Å². The van der Waals surface area contributed by atoms with Crippen LogP contribution in [0.25, 0.3) is 0 Å². The van der Waals surface area contributed by atoms with Crippen molar-refractivity contribution in [2.45, 2.75) is 167 Å². The average molecular weight is 762 g/mol. The number of methoxy groups -OCH3 is 1. The Morgan fingerprint density at radius 1 is 1.00 bits per heavy atom. The van der Waals surface area contributed by atoms with Crippen molar-refractivity contribution in [3.8, 4) is 11.8 Å². The summed E-state index contributed by atoms with van der Waals surface area (Å²) in [7, 11) is 1.69. The highest BCUT2D eigenvalue weighted by Gasteiger charge is 2.45. The molecule has 2 heterocycles. The van der Waals surface area contributed by atoms with Gasteiger partial charge in [0, 0.05) is 43.6 Å². The number of allylic oxidation sites excluding steroid dienone is 1. The van der Waals surface area contributed by atoms with Crippen LogP contribution in [-0.4, -0.2) is 66.1 Å². The third kappa shape index (κ3) is 11.1. The van der Waals surface area contributed by atoms with Gasteiger partial charge in [-0.15, -0.1) is 4.99 Å². The van der Waals surface area contributed by atoms with Crippen LogP contribution in [0.2, 0.25) is 0 Å². The van der Waals surface area contributed by atoms with Gasteiger partial charge in [0.25, 0.3) is 0 Å². The number of rotatable bonds is 11. The fraction of sp³-hybridized carbons (Fsp3) is 0.830. The van der Waals surface area contributed by atoms with Gasteiger partial charge in [0.2, 0.25) is 0 Å². The average Bonchev–Trinajstić information content (AvgIpc) is 3.56. The number of carbonyl (C=O) groups excluding carboxylic acids is 2. The molecule has 2 aliphatic heterocycles. The van der Waals surface area contributed by atoms with Gasteiger partial charge in [-0.25, -0.2) is 0 Å². The number of piperidine rings is 1. The molecule has 55 heavy (non-hydrogen) atoms. The number of ketones is 2. The number of nitrogens with zero attached hydrogens (tertiary/aromatic N) is 1. The number of quaternary nitrogens is 1. The van der Waals surface area contributed by atoms with Crippen molar-refractivity contribution >= 4 is 17.8 Å². The van der Waals surface area contributed by atoms with E-state index in [1.54, 1.807) is 7.11 Å². The lowest BCUT2D eigenvalue weighted by Gasteiger charge is -2.44. The number of ether oxygens (including phenoxy) is 1. The van der Waals surface area contributed by atoms with Gasteiger partial charge < -0.3 is 20.3 Å². The maximum Gasteiger partial charge on any atom is 0.177 e. The van der Waals surface area contributed by atoms with Crippen LogP contribution in [0.3, 0.4) is 0 Å². The molecule has 6 aliphatic rings. The molecule has 4 fully saturated rings. The smallest absolute Gasteiger partial charge is 0.177 e. The molecule has 306 valence electrons. The second-order valence-corrected chi connectivity index (χ2v) is 19.3. The van der Waals surface area contributed by atoms with Crippen LogP contribution < -0.4 is 11.1 Å². The van der Waals surface area contributed by atoms with Crippen LogP contribution >= 0.6 is 0 Å². The molecule has 6 rings (SSSR count). The molecule has 3 saturated carbocycles. The van der Waals surface area contributed by atoms with Crippen LogP contribution in [0, 0.1) is 82.9 Å². The van der Waals surface area contributed by atoms with Crippen LogP contribution in [0.15, 0.2) is 16.8 Å². The maximum absolute atomic E-state index is 14.6. The van der Waals surface area contributed by atoms with E-state index in [4.69, 9.17) is 15.5 Å². The first-order valence-electron chi connectivity index (χ1n) is 22.7. The molecule has 0 aromatic carbocycles. The van der Waals surface area contributed by atoms with Crippen LogP contribution in [-0.2, 0) is 14.3 Å². The van der Waals surface area contributed by atoms with E-state index >= 15 is 0 Å². The molecule has 6 unspecified atom stereocenters. The summed E-state index contributed by atoms with van der Waals surface area (Å²) in [5, 5.41) is 25.6. The maximum atomic E-state index is 14.6. The minimum atomic E-state index is -0.551. The van der Waals surface area contributed by atoms with Crippen LogP contribution in [0.5, 0.6) is 0 Å². The van der Waals surface area contributed by atoms with E-state index in [1.165, 1.54) is 25.2 Å². The highest BCUT2D eigenvalue weighted by Crippen LogP contribution is 2.48. The summed E-state index contributed by atoms with van der Waals surface area (Å²) in [5.41, 5.74) is 7.44. The Balaban J connectivity index is 1.36. The van der Waals surface area contributed by atoms with Gasteiger partial charge in [-0.2, -0.15) is 0 Å². The second kappa shape index (κ2) is 20.1. The quantitative estimate of drug-likeness (QED) is 0.107. The number of aliphatic imine (C=N–C) groups is 1. The monoisotopic (exact) mass is 762 g/mol. The number of hydrogen-bond donors (Lipinski definition) is 4. The molecule has 6 N–H and O–H groups in total. The summed E-state index contributed by atoms with van der Waals surface area (Å²) in [6.45, 7) is 7.61. The topological polar surface area (TPSA) is 139 Å². The molecule has 0 bridgehead atoms. The van der Waals surface area contributed by atoms with Crippen LogP contribution in [0.1, 0.15) is 143 Å². The highest BCUT2D eigenvalue weighted by molar-refractivity contribution is 6.00. The fourth-order valence-corrected chi connectivity index (χ4v) is 12.1. The van der Waals surface area contributed by atoms with Gasteiger partial charge in [0.1, 0.15) is 35.9 Å².